The molecule has 5 aromatic heterocycles. The summed E-state index contributed by atoms with van der Waals surface area (Å²) in [6.45, 7) is 4.47. The first-order chi connectivity index (χ1) is 18.2. The second-order valence-electron chi connectivity index (χ2n) is 9.92. The monoisotopic (exact) mass is 505 g/mol. The fourth-order valence-corrected chi connectivity index (χ4v) is 6.28. The van der Waals surface area contributed by atoms with Crippen molar-refractivity contribution >= 4 is 33.8 Å². The largest absolute Gasteiger partial charge is 0.373 e. The first-order valence-corrected chi connectivity index (χ1v) is 13.9. The fraction of sp³-hybridized carbons (Fsp3) is 0.258. The smallest absolute Gasteiger partial charge is 0.138 e. The molecule has 1 saturated carbocycles. The van der Waals surface area contributed by atoms with E-state index < -0.39 is 0 Å². The average Bonchev–Trinajstić information content (AvgIpc) is 3.63. The van der Waals surface area contributed by atoms with E-state index in [1.807, 2.05) is 31.8 Å². The highest BCUT2D eigenvalue weighted by molar-refractivity contribution is 7.13. The average molecular weight is 506 g/mol. The van der Waals surface area contributed by atoms with Crippen LogP contribution in [0.5, 0.6) is 0 Å². The van der Waals surface area contributed by atoms with Gasteiger partial charge in [0, 0.05) is 75.6 Å². The van der Waals surface area contributed by atoms with E-state index in [4.69, 9.17) is 4.98 Å². The maximum atomic E-state index is 4.75. The molecule has 0 bridgehead atoms. The Balaban J connectivity index is 1.34. The molecule has 6 heteroatoms. The molecule has 1 fully saturated rings. The Bertz CT molecular complexity index is 1540. The lowest BCUT2D eigenvalue weighted by molar-refractivity contribution is 0.356. The molecule has 6 rings (SSSR count). The van der Waals surface area contributed by atoms with Gasteiger partial charge in [0.25, 0.3) is 0 Å². The maximum absolute atomic E-state index is 4.75. The summed E-state index contributed by atoms with van der Waals surface area (Å²) >= 11 is 1.73. The van der Waals surface area contributed by atoms with Crippen LogP contribution in [0.3, 0.4) is 0 Å². The lowest BCUT2D eigenvalue weighted by Crippen LogP contribution is -2.09. The summed E-state index contributed by atoms with van der Waals surface area (Å²) in [4.78, 5) is 18.6. The van der Waals surface area contributed by atoms with Crippen LogP contribution in [0.1, 0.15) is 48.9 Å². The summed E-state index contributed by atoms with van der Waals surface area (Å²) in [5, 5.41) is 6.44. The number of nitrogens with zero attached hydrogens (tertiary/aromatic N) is 3. The maximum Gasteiger partial charge on any atom is 0.138 e. The third-order valence-corrected chi connectivity index (χ3v) is 8.37. The number of hydrogen-bond donors (Lipinski definition) is 2. The number of H-pyrrole nitrogens is 1. The number of aromatic nitrogens is 4. The lowest BCUT2D eigenvalue weighted by atomic mass is 9.85. The van der Waals surface area contributed by atoms with Gasteiger partial charge in [-0.3, -0.25) is 4.98 Å². The Hall–Kier alpha value is -3.77. The van der Waals surface area contributed by atoms with Crippen molar-refractivity contribution in [2.45, 2.75) is 38.5 Å². The number of pyridine rings is 3. The van der Waals surface area contributed by atoms with E-state index in [-0.39, 0.29) is 0 Å². The Labute approximate surface area is 221 Å². The highest BCUT2D eigenvalue weighted by atomic mass is 32.1. The molecule has 2 N–H and O–H groups in total. The molecule has 0 atom stereocenters. The van der Waals surface area contributed by atoms with E-state index in [0.717, 1.165) is 57.1 Å². The molecular formula is C31H31N5S. The minimum atomic E-state index is 0.778. The number of thiophene rings is 1. The van der Waals surface area contributed by atoms with E-state index in [0.29, 0.717) is 0 Å². The van der Waals surface area contributed by atoms with Crippen molar-refractivity contribution < 1.29 is 0 Å². The van der Waals surface area contributed by atoms with Crippen LogP contribution in [-0.2, 0) is 6.42 Å². The lowest BCUT2D eigenvalue weighted by Gasteiger charge is -2.21. The summed E-state index contributed by atoms with van der Waals surface area (Å²) in [5.74, 6) is 1.57. The molecule has 0 radical (unpaired) electrons. The van der Waals surface area contributed by atoms with Crippen LogP contribution in [0, 0.1) is 5.92 Å². The number of fused-ring (bicyclic) bond motifs is 1. The van der Waals surface area contributed by atoms with Crippen molar-refractivity contribution in [3.05, 3.63) is 90.0 Å². The minimum absolute atomic E-state index is 0.778. The van der Waals surface area contributed by atoms with Crippen molar-refractivity contribution in [3.63, 3.8) is 0 Å². The predicted molar refractivity (Wildman–Crippen MR) is 155 cm³/mol. The van der Waals surface area contributed by atoms with Crippen LogP contribution in [0.2, 0.25) is 0 Å². The van der Waals surface area contributed by atoms with E-state index in [1.54, 1.807) is 11.3 Å². The minimum Gasteiger partial charge on any atom is -0.373 e. The van der Waals surface area contributed by atoms with Crippen LogP contribution in [0.15, 0.2) is 73.1 Å². The van der Waals surface area contributed by atoms with Crippen LogP contribution in [-0.4, -0.2) is 27.0 Å². The zero-order valence-electron chi connectivity index (χ0n) is 21.1. The first-order valence-electron chi connectivity index (χ1n) is 13.0. The molecule has 5 aromatic rings. The quantitative estimate of drug-likeness (QED) is 0.235. The Morgan fingerprint density at radius 2 is 1.92 bits per heavy atom. The molecular weight excluding hydrogens is 474 g/mol. The Kier molecular flexibility index (Phi) is 6.58. The van der Waals surface area contributed by atoms with Gasteiger partial charge in [0.1, 0.15) is 11.5 Å². The SMILES string of the molecule is C=C(c1cc2c(-c3cccs3)ccnc2[nH]1)c1cc(-c2cncc(CC3CCCCC3)c2)cnc1NC. The summed E-state index contributed by atoms with van der Waals surface area (Å²) in [6.07, 6.45) is 15.6. The van der Waals surface area contributed by atoms with Crippen molar-refractivity contribution in [2.24, 2.45) is 5.92 Å². The van der Waals surface area contributed by atoms with E-state index in [1.165, 1.54) is 48.1 Å². The van der Waals surface area contributed by atoms with Crippen molar-refractivity contribution in [3.8, 4) is 21.6 Å². The number of hydrogen-bond acceptors (Lipinski definition) is 5. The fourth-order valence-electron chi connectivity index (χ4n) is 5.51. The van der Waals surface area contributed by atoms with Gasteiger partial charge < -0.3 is 10.3 Å². The van der Waals surface area contributed by atoms with Gasteiger partial charge in [0.2, 0.25) is 0 Å². The molecule has 0 spiro atoms. The van der Waals surface area contributed by atoms with Crippen molar-refractivity contribution in [2.75, 3.05) is 12.4 Å². The molecule has 0 aliphatic heterocycles. The number of aromatic amines is 1. The van der Waals surface area contributed by atoms with Gasteiger partial charge in [-0.25, -0.2) is 9.97 Å². The first kappa shape index (κ1) is 23.6. The molecule has 5 nitrogen and oxygen atoms in total. The summed E-state index contributed by atoms with van der Waals surface area (Å²) in [5.41, 5.74) is 8.25. The second-order valence-corrected chi connectivity index (χ2v) is 10.9. The molecule has 0 unspecified atom stereocenters. The van der Waals surface area contributed by atoms with Gasteiger partial charge in [0.15, 0.2) is 0 Å². The van der Waals surface area contributed by atoms with Gasteiger partial charge in [-0.2, -0.15) is 0 Å². The molecule has 0 amide bonds. The van der Waals surface area contributed by atoms with Gasteiger partial charge in [-0.05, 0) is 53.6 Å². The third-order valence-electron chi connectivity index (χ3n) is 7.47. The van der Waals surface area contributed by atoms with E-state index in [2.05, 4.69) is 68.6 Å². The highest BCUT2D eigenvalue weighted by Gasteiger charge is 2.17. The normalized spacial score (nSPS) is 14.2. The second kappa shape index (κ2) is 10.3. The van der Waals surface area contributed by atoms with Gasteiger partial charge in [0.05, 0.1) is 0 Å². The molecule has 1 aliphatic carbocycles. The Morgan fingerprint density at radius 1 is 1.05 bits per heavy atom. The topological polar surface area (TPSA) is 66.5 Å². The van der Waals surface area contributed by atoms with Crippen LogP contribution in [0.4, 0.5) is 5.82 Å². The van der Waals surface area contributed by atoms with Crippen LogP contribution >= 0.6 is 11.3 Å². The standard InChI is InChI=1S/C31H31N5S/c1-20(28-16-27-25(29-9-6-12-37-29)10-11-34-31(27)36-28)26-15-24(19-35-30(26)32-2)23-14-22(17-33-18-23)13-21-7-4-3-5-8-21/h6,9-12,14-19,21H,1,3-5,7-8,13H2,2H3,(H,32,35)(H,34,36). The van der Waals surface area contributed by atoms with Crippen LogP contribution < -0.4 is 5.32 Å². The molecule has 5 heterocycles. The molecule has 186 valence electrons. The molecule has 0 saturated heterocycles. The predicted octanol–water partition coefficient (Wildman–Crippen LogP) is 7.97. The van der Waals surface area contributed by atoms with Crippen LogP contribution in [0.25, 0.3) is 38.2 Å². The number of anilines is 1. The summed E-state index contributed by atoms with van der Waals surface area (Å²) < 4.78 is 0. The number of nitrogens with one attached hydrogen (secondary N) is 2. The van der Waals surface area contributed by atoms with E-state index >= 15 is 0 Å². The molecule has 37 heavy (non-hydrogen) atoms. The third kappa shape index (κ3) is 4.81. The summed E-state index contributed by atoms with van der Waals surface area (Å²) in [6, 6.07) is 12.9. The molecule has 1 aliphatic rings. The zero-order chi connectivity index (χ0) is 25.2. The number of rotatable bonds is 7. The highest BCUT2D eigenvalue weighted by Crippen LogP contribution is 2.36. The zero-order valence-corrected chi connectivity index (χ0v) is 21.9. The molecule has 0 aromatic carbocycles. The van der Waals surface area contributed by atoms with Crippen molar-refractivity contribution in [1.82, 2.24) is 19.9 Å². The van der Waals surface area contributed by atoms with Crippen molar-refractivity contribution in [1.29, 1.82) is 0 Å². The summed E-state index contributed by atoms with van der Waals surface area (Å²) in [7, 11) is 1.90. The Morgan fingerprint density at radius 3 is 2.73 bits per heavy atom. The van der Waals surface area contributed by atoms with Gasteiger partial charge in [-0.15, -0.1) is 11.3 Å². The van der Waals surface area contributed by atoms with E-state index in [9.17, 15) is 0 Å². The van der Waals surface area contributed by atoms with Gasteiger partial charge >= 0.3 is 0 Å². The van der Waals surface area contributed by atoms with Gasteiger partial charge in [-0.1, -0.05) is 44.7 Å².